The molecule has 0 bridgehead atoms. The van der Waals surface area contributed by atoms with Crippen molar-refractivity contribution in [3.05, 3.63) is 101 Å². The number of hydrogen-bond donors (Lipinski definition) is 0. The summed E-state index contributed by atoms with van der Waals surface area (Å²) < 4.78 is 0. The maximum atomic E-state index is 2.25. The molecule has 0 spiro atoms. The molecule has 0 nitrogen and oxygen atoms in total. The van der Waals surface area contributed by atoms with E-state index >= 15 is 0 Å². The molecule has 0 saturated heterocycles. The Balaban J connectivity index is -0.000000398. The zero-order valence-electron chi connectivity index (χ0n) is 19.5. The standard InChI is InChI=1S/2C12H16.4CH3.Zr/c2*1-2-6-11(7-3-1)10-12-8-4-5-9-12;;;;;/h2*1-3,6-7,12H,4-5,8-10H2;4*1H3;/q;;4*-1;+4. The van der Waals surface area contributed by atoms with Crippen LogP contribution in [0.15, 0.2) is 60.7 Å². The van der Waals surface area contributed by atoms with E-state index in [4.69, 9.17) is 0 Å². The van der Waals surface area contributed by atoms with E-state index in [0.29, 0.717) is 0 Å². The Morgan fingerprint density at radius 1 is 0.483 bits per heavy atom. The Bertz CT molecular complexity index is 498. The Labute approximate surface area is 203 Å². The average Bonchev–Trinajstić information content (AvgIpc) is 3.32. The molecule has 0 amide bonds. The minimum absolute atomic E-state index is 0. The van der Waals surface area contributed by atoms with E-state index < -0.39 is 0 Å². The summed E-state index contributed by atoms with van der Waals surface area (Å²) in [6, 6.07) is 21.8. The van der Waals surface area contributed by atoms with E-state index in [1.54, 1.807) is 0 Å². The Morgan fingerprint density at radius 2 is 0.759 bits per heavy atom. The van der Waals surface area contributed by atoms with Crippen LogP contribution in [-0.2, 0) is 39.0 Å². The van der Waals surface area contributed by atoms with E-state index in [-0.39, 0.29) is 55.9 Å². The van der Waals surface area contributed by atoms with Crippen molar-refractivity contribution in [3.8, 4) is 0 Å². The maximum absolute atomic E-state index is 2.25. The molecule has 0 unspecified atom stereocenters. The third-order valence-electron chi connectivity index (χ3n) is 5.68. The molecule has 1 heteroatoms. The molecule has 2 aliphatic carbocycles. The second kappa shape index (κ2) is 19.3. The Morgan fingerprint density at radius 3 is 1.03 bits per heavy atom. The van der Waals surface area contributed by atoms with Crippen LogP contribution >= 0.6 is 0 Å². The van der Waals surface area contributed by atoms with Crippen molar-refractivity contribution >= 4 is 0 Å². The Hall–Kier alpha value is -0.677. The summed E-state index contributed by atoms with van der Waals surface area (Å²) in [7, 11) is 0. The van der Waals surface area contributed by atoms with E-state index in [1.165, 1.54) is 75.3 Å². The Kier molecular flexibility index (Phi) is 21.9. The van der Waals surface area contributed by atoms with Crippen LogP contribution in [0, 0.1) is 41.5 Å². The fourth-order valence-corrected chi connectivity index (χ4v) is 4.32. The summed E-state index contributed by atoms with van der Waals surface area (Å²) in [6.07, 6.45) is 14.2. The van der Waals surface area contributed by atoms with Crippen LogP contribution in [0.5, 0.6) is 0 Å². The van der Waals surface area contributed by atoms with Crippen LogP contribution in [0.3, 0.4) is 0 Å². The molecule has 0 radical (unpaired) electrons. The molecule has 29 heavy (non-hydrogen) atoms. The zero-order chi connectivity index (χ0) is 16.5. The monoisotopic (exact) mass is 470 g/mol. The van der Waals surface area contributed by atoms with Crippen molar-refractivity contribution in [2.24, 2.45) is 11.8 Å². The van der Waals surface area contributed by atoms with Gasteiger partial charge in [0.2, 0.25) is 0 Å². The number of rotatable bonds is 4. The first-order valence-corrected chi connectivity index (χ1v) is 9.98. The first-order chi connectivity index (χ1) is 11.9. The quantitative estimate of drug-likeness (QED) is 0.391. The van der Waals surface area contributed by atoms with Gasteiger partial charge in [-0.3, -0.25) is 0 Å². The van der Waals surface area contributed by atoms with E-state index in [0.717, 1.165) is 11.8 Å². The summed E-state index contributed by atoms with van der Waals surface area (Å²) in [4.78, 5) is 0. The summed E-state index contributed by atoms with van der Waals surface area (Å²) in [6.45, 7) is 0. The van der Waals surface area contributed by atoms with Gasteiger partial charge >= 0.3 is 26.2 Å². The van der Waals surface area contributed by atoms with E-state index in [1.807, 2.05) is 0 Å². The average molecular weight is 472 g/mol. The third kappa shape index (κ3) is 12.6. The maximum Gasteiger partial charge on any atom is 4.00 e. The number of hydrogen-bond acceptors (Lipinski definition) is 0. The van der Waals surface area contributed by atoms with Crippen molar-refractivity contribution in [1.82, 2.24) is 0 Å². The molecule has 2 aliphatic rings. The second-order valence-corrected chi connectivity index (χ2v) is 7.68. The van der Waals surface area contributed by atoms with Gasteiger partial charge in [0.05, 0.1) is 0 Å². The summed E-state index contributed by atoms with van der Waals surface area (Å²) in [5.74, 6) is 1.96. The minimum atomic E-state index is 0. The molecule has 4 rings (SSSR count). The second-order valence-electron chi connectivity index (χ2n) is 7.68. The summed E-state index contributed by atoms with van der Waals surface area (Å²) in [5.41, 5.74) is 3.04. The van der Waals surface area contributed by atoms with Gasteiger partial charge in [0, 0.05) is 0 Å². The molecule has 2 aromatic carbocycles. The van der Waals surface area contributed by atoms with Gasteiger partial charge in [0.1, 0.15) is 0 Å². The minimum Gasteiger partial charge on any atom is -0.358 e. The summed E-state index contributed by atoms with van der Waals surface area (Å²) in [5, 5.41) is 0. The smallest absolute Gasteiger partial charge is 0.358 e. The normalized spacial score (nSPS) is 15.2. The fraction of sp³-hybridized carbons (Fsp3) is 0.429. The predicted molar refractivity (Wildman–Crippen MR) is 130 cm³/mol. The van der Waals surface area contributed by atoms with Crippen LogP contribution in [0.2, 0.25) is 0 Å². The van der Waals surface area contributed by atoms with Crippen molar-refractivity contribution in [3.63, 3.8) is 0 Å². The molecule has 0 aliphatic heterocycles. The molecule has 0 heterocycles. The van der Waals surface area contributed by atoms with Gasteiger partial charge in [0.25, 0.3) is 0 Å². The van der Waals surface area contributed by atoms with Gasteiger partial charge in [0.15, 0.2) is 0 Å². The molecular weight excluding hydrogens is 428 g/mol. The van der Waals surface area contributed by atoms with Crippen LogP contribution in [0.1, 0.15) is 62.5 Å². The van der Waals surface area contributed by atoms with E-state index in [9.17, 15) is 0 Å². The first kappa shape index (κ1) is 33.0. The summed E-state index contributed by atoms with van der Waals surface area (Å²) >= 11 is 0. The molecule has 2 aromatic rings. The molecule has 0 N–H and O–H groups in total. The zero-order valence-corrected chi connectivity index (χ0v) is 22.0. The van der Waals surface area contributed by atoms with Crippen molar-refractivity contribution in [2.75, 3.05) is 0 Å². The van der Waals surface area contributed by atoms with Gasteiger partial charge < -0.3 is 29.7 Å². The molecule has 160 valence electrons. The van der Waals surface area contributed by atoms with Gasteiger partial charge in [-0.25, -0.2) is 0 Å². The SMILES string of the molecule is [CH3-].[CH3-].[CH3-].[CH3-].[Zr+4].c1ccc(CC2CCCC2)cc1.c1ccc(CC2CCCC2)cc1. The largest absolute Gasteiger partial charge is 4.00 e. The van der Waals surface area contributed by atoms with Crippen LogP contribution < -0.4 is 0 Å². The van der Waals surface area contributed by atoms with Gasteiger partial charge in [-0.15, -0.1) is 0 Å². The van der Waals surface area contributed by atoms with Crippen molar-refractivity contribution in [1.29, 1.82) is 0 Å². The van der Waals surface area contributed by atoms with Gasteiger partial charge in [-0.2, -0.15) is 0 Å². The fourth-order valence-electron chi connectivity index (χ4n) is 4.32. The van der Waals surface area contributed by atoms with Crippen molar-refractivity contribution in [2.45, 2.75) is 64.2 Å². The topological polar surface area (TPSA) is 0 Å². The molecule has 0 atom stereocenters. The first-order valence-electron chi connectivity index (χ1n) is 9.98. The molecule has 2 fully saturated rings. The van der Waals surface area contributed by atoms with Crippen LogP contribution in [0.25, 0.3) is 0 Å². The third-order valence-corrected chi connectivity index (χ3v) is 5.68. The molecular formula is C28H44Zr. The van der Waals surface area contributed by atoms with Gasteiger partial charge in [-0.05, 0) is 35.8 Å². The predicted octanol–water partition coefficient (Wildman–Crippen LogP) is 8.64. The van der Waals surface area contributed by atoms with Crippen LogP contribution in [0.4, 0.5) is 0 Å². The molecule has 2 saturated carbocycles. The van der Waals surface area contributed by atoms with E-state index in [2.05, 4.69) is 60.7 Å². The van der Waals surface area contributed by atoms with Crippen molar-refractivity contribution < 1.29 is 26.2 Å². The van der Waals surface area contributed by atoms with Gasteiger partial charge in [-0.1, -0.05) is 112 Å². The van der Waals surface area contributed by atoms with Crippen LogP contribution in [-0.4, -0.2) is 0 Å². The number of benzene rings is 2. The molecule has 0 aromatic heterocycles.